The Balaban J connectivity index is 0.00000180. The van der Waals surface area contributed by atoms with Crippen LogP contribution in [0.2, 0.25) is 0 Å². The predicted molar refractivity (Wildman–Crippen MR) is 78.8 cm³/mol. The molecule has 1 saturated heterocycles. The number of hydrogen-bond acceptors (Lipinski definition) is 3. The molecule has 1 aliphatic rings. The van der Waals surface area contributed by atoms with E-state index in [4.69, 9.17) is 10.5 Å². The molecule has 0 unspecified atom stereocenters. The zero-order chi connectivity index (χ0) is 13.2. The average molecular weight is 285 g/mol. The summed E-state index contributed by atoms with van der Waals surface area (Å²) in [5.41, 5.74) is 8.36. The van der Waals surface area contributed by atoms with E-state index in [-0.39, 0.29) is 18.3 Å². The van der Waals surface area contributed by atoms with E-state index in [1.54, 1.807) is 0 Å². The molecule has 1 aromatic carbocycles. The van der Waals surface area contributed by atoms with Gasteiger partial charge in [-0.25, -0.2) is 0 Å². The van der Waals surface area contributed by atoms with Crippen molar-refractivity contribution in [3.63, 3.8) is 0 Å². The summed E-state index contributed by atoms with van der Waals surface area (Å²) in [6.45, 7) is 5.08. The number of halogens is 1. The molecule has 2 rings (SSSR count). The van der Waals surface area contributed by atoms with E-state index in [1.807, 2.05) is 32.0 Å². The maximum atomic E-state index is 12.3. The highest BCUT2D eigenvalue weighted by Crippen LogP contribution is 2.22. The highest BCUT2D eigenvalue weighted by Gasteiger charge is 2.36. The van der Waals surface area contributed by atoms with Gasteiger partial charge in [0.25, 0.3) is 0 Å². The van der Waals surface area contributed by atoms with Gasteiger partial charge in [-0.2, -0.15) is 0 Å². The van der Waals surface area contributed by atoms with Crippen LogP contribution in [0.4, 0.5) is 5.69 Å². The molecular weight excluding hydrogens is 264 g/mol. The van der Waals surface area contributed by atoms with Crippen LogP contribution in [0.5, 0.6) is 0 Å². The van der Waals surface area contributed by atoms with E-state index in [1.165, 1.54) is 0 Å². The molecule has 1 heterocycles. The molecule has 4 nitrogen and oxygen atoms in total. The maximum Gasteiger partial charge on any atom is 0.244 e. The first-order valence-corrected chi connectivity index (χ1v) is 6.27. The Morgan fingerprint density at radius 2 is 1.95 bits per heavy atom. The lowest BCUT2D eigenvalue weighted by atomic mass is 9.90. The predicted octanol–water partition coefficient (Wildman–Crippen LogP) is 2.17. The molecule has 1 aromatic rings. The summed E-state index contributed by atoms with van der Waals surface area (Å²) in [4.78, 5) is 12.3. The second-order valence-corrected chi connectivity index (χ2v) is 5.04. The molecule has 0 saturated carbocycles. The summed E-state index contributed by atoms with van der Waals surface area (Å²) >= 11 is 0. The van der Waals surface area contributed by atoms with Crippen LogP contribution in [0.3, 0.4) is 0 Å². The van der Waals surface area contributed by atoms with E-state index in [9.17, 15) is 4.79 Å². The molecule has 0 bridgehead atoms. The number of aryl methyl sites for hydroxylation is 2. The fourth-order valence-electron chi connectivity index (χ4n) is 2.08. The maximum absolute atomic E-state index is 12.3. The van der Waals surface area contributed by atoms with Crippen LogP contribution in [0.1, 0.15) is 24.0 Å². The third kappa shape index (κ3) is 3.69. The van der Waals surface area contributed by atoms with Crippen molar-refractivity contribution < 1.29 is 9.53 Å². The molecule has 1 aliphatic heterocycles. The van der Waals surface area contributed by atoms with Crippen LogP contribution in [0.25, 0.3) is 0 Å². The van der Waals surface area contributed by atoms with Gasteiger partial charge in [-0.05, 0) is 43.9 Å². The SMILES string of the molecule is Cc1ccc(C)c(NC(=O)C2(N)CCOCC2)c1.Cl. The van der Waals surface area contributed by atoms with Crippen molar-refractivity contribution in [2.75, 3.05) is 18.5 Å². The van der Waals surface area contributed by atoms with Gasteiger partial charge < -0.3 is 15.8 Å². The lowest BCUT2D eigenvalue weighted by Crippen LogP contribution is -2.54. The van der Waals surface area contributed by atoms with Crippen LogP contribution in [0.15, 0.2) is 18.2 Å². The van der Waals surface area contributed by atoms with Gasteiger partial charge in [0.15, 0.2) is 0 Å². The molecule has 1 amide bonds. The third-order valence-corrected chi connectivity index (χ3v) is 3.48. The molecule has 106 valence electrons. The van der Waals surface area contributed by atoms with E-state index < -0.39 is 5.54 Å². The molecule has 0 aliphatic carbocycles. The smallest absolute Gasteiger partial charge is 0.244 e. The number of rotatable bonds is 2. The zero-order valence-corrected chi connectivity index (χ0v) is 12.2. The Labute approximate surface area is 120 Å². The van der Waals surface area contributed by atoms with Crippen LogP contribution in [-0.4, -0.2) is 24.7 Å². The van der Waals surface area contributed by atoms with Crippen LogP contribution < -0.4 is 11.1 Å². The number of carbonyl (C=O) groups is 1. The number of benzene rings is 1. The Morgan fingerprint density at radius 1 is 1.32 bits per heavy atom. The van der Waals surface area contributed by atoms with Gasteiger partial charge in [0, 0.05) is 18.9 Å². The summed E-state index contributed by atoms with van der Waals surface area (Å²) in [6, 6.07) is 5.99. The molecule has 5 heteroatoms. The summed E-state index contributed by atoms with van der Waals surface area (Å²) in [5.74, 6) is -0.112. The Kier molecular flexibility index (Phi) is 5.35. The largest absolute Gasteiger partial charge is 0.381 e. The van der Waals surface area contributed by atoms with Crippen LogP contribution >= 0.6 is 12.4 Å². The molecular formula is C14H21ClN2O2. The topological polar surface area (TPSA) is 64.4 Å². The molecule has 19 heavy (non-hydrogen) atoms. The van der Waals surface area contributed by atoms with Crippen molar-refractivity contribution in [3.05, 3.63) is 29.3 Å². The van der Waals surface area contributed by atoms with Crippen molar-refractivity contribution in [3.8, 4) is 0 Å². The van der Waals surface area contributed by atoms with E-state index >= 15 is 0 Å². The number of nitrogens with two attached hydrogens (primary N) is 1. The van der Waals surface area contributed by atoms with Gasteiger partial charge in [-0.15, -0.1) is 12.4 Å². The summed E-state index contributed by atoms with van der Waals surface area (Å²) in [6.07, 6.45) is 1.15. The standard InChI is InChI=1S/C14H20N2O2.ClH/c1-10-3-4-11(2)12(9-10)16-13(17)14(15)5-7-18-8-6-14;/h3-4,9H,5-8,15H2,1-2H3,(H,16,17);1H. The number of anilines is 1. The van der Waals surface area contributed by atoms with Gasteiger partial charge >= 0.3 is 0 Å². The van der Waals surface area contributed by atoms with Crippen LogP contribution in [0, 0.1) is 13.8 Å². The first-order valence-electron chi connectivity index (χ1n) is 6.27. The summed E-state index contributed by atoms with van der Waals surface area (Å²) < 4.78 is 5.25. The van der Waals surface area contributed by atoms with E-state index in [0.717, 1.165) is 16.8 Å². The van der Waals surface area contributed by atoms with Gasteiger partial charge in [0.05, 0.1) is 0 Å². The van der Waals surface area contributed by atoms with Crippen molar-refractivity contribution in [1.82, 2.24) is 0 Å². The molecule has 0 aromatic heterocycles. The second kappa shape index (κ2) is 6.37. The van der Waals surface area contributed by atoms with E-state index in [2.05, 4.69) is 5.32 Å². The fraction of sp³-hybridized carbons (Fsp3) is 0.500. The van der Waals surface area contributed by atoms with Gasteiger partial charge in [0.2, 0.25) is 5.91 Å². The van der Waals surface area contributed by atoms with Crippen molar-refractivity contribution in [2.24, 2.45) is 5.73 Å². The van der Waals surface area contributed by atoms with Crippen molar-refractivity contribution in [1.29, 1.82) is 0 Å². The molecule has 3 N–H and O–H groups in total. The van der Waals surface area contributed by atoms with Crippen molar-refractivity contribution in [2.45, 2.75) is 32.2 Å². The highest BCUT2D eigenvalue weighted by atomic mass is 35.5. The highest BCUT2D eigenvalue weighted by molar-refractivity contribution is 5.98. The molecule has 1 fully saturated rings. The lowest BCUT2D eigenvalue weighted by molar-refractivity contribution is -0.124. The van der Waals surface area contributed by atoms with Gasteiger partial charge in [-0.3, -0.25) is 4.79 Å². The van der Waals surface area contributed by atoms with Gasteiger partial charge in [0.1, 0.15) is 5.54 Å². The molecule has 0 atom stereocenters. The first kappa shape index (κ1) is 16.0. The fourth-order valence-corrected chi connectivity index (χ4v) is 2.08. The minimum atomic E-state index is -0.797. The molecule has 0 radical (unpaired) electrons. The second-order valence-electron chi connectivity index (χ2n) is 5.04. The van der Waals surface area contributed by atoms with Crippen LogP contribution in [-0.2, 0) is 9.53 Å². The number of carbonyl (C=O) groups excluding carboxylic acids is 1. The normalized spacial score (nSPS) is 17.4. The first-order chi connectivity index (χ1) is 8.51. The third-order valence-electron chi connectivity index (χ3n) is 3.48. The van der Waals surface area contributed by atoms with Gasteiger partial charge in [-0.1, -0.05) is 12.1 Å². The average Bonchev–Trinajstić information content (AvgIpc) is 2.35. The summed E-state index contributed by atoms with van der Waals surface area (Å²) in [7, 11) is 0. The Morgan fingerprint density at radius 3 is 2.58 bits per heavy atom. The zero-order valence-electron chi connectivity index (χ0n) is 11.4. The number of amides is 1. The lowest BCUT2D eigenvalue weighted by Gasteiger charge is -2.32. The van der Waals surface area contributed by atoms with Crippen molar-refractivity contribution >= 4 is 24.0 Å². The summed E-state index contributed by atoms with van der Waals surface area (Å²) in [5, 5.41) is 2.94. The Hall–Kier alpha value is -1.10. The Bertz CT molecular complexity index is 457. The molecule has 0 spiro atoms. The number of nitrogens with one attached hydrogen (secondary N) is 1. The quantitative estimate of drug-likeness (QED) is 0.875. The number of hydrogen-bond donors (Lipinski definition) is 2. The minimum absolute atomic E-state index is 0. The monoisotopic (exact) mass is 284 g/mol. The van der Waals surface area contributed by atoms with E-state index in [0.29, 0.717) is 26.1 Å². The number of ether oxygens (including phenoxy) is 1. The minimum Gasteiger partial charge on any atom is -0.381 e.